The van der Waals surface area contributed by atoms with Gasteiger partial charge in [0, 0.05) is 23.4 Å². The van der Waals surface area contributed by atoms with E-state index in [-0.39, 0.29) is 17.4 Å². The molecule has 1 aromatic carbocycles. The summed E-state index contributed by atoms with van der Waals surface area (Å²) in [6, 6.07) is 4.63. The molecule has 96 valence electrons. The molecule has 0 saturated carbocycles. The summed E-state index contributed by atoms with van der Waals surface area (Å²) in [6.07, 6.45) is 2.62. The van der Waals surface area contributed by atoms with E-state index in [1.165, 1.54) is 23.2 Å². The van der Waals surface area contributed by atoms with Crippen molar-refractivity contribution in [2.24, 2.45) is 0 Å². The first-order chi connectivity index (χ1) is 8.38. The first kappa shape index (κ1) is 13.5. The van der Waals surface area contributed by atoms with Crippen LogP contribution in [0.1, 0.15) is 5.56 Å². The third kappa shape index (κ3) is 2.90. The van der Waals surface area contributed by atoms with E-state index in [4.69, 9.17) is 10.7 Å². The van der Waals surface area contributed by atoms with Crippen LogP contribution in [0.4, 0.5) is 4.39 Å². The van der Waals surface area contributed by atoms with Crippen LogP contribution in [-0.4, -0.2) is 18.0 Å². The Labute approximate surface area is 116 Å². The van der Waals surface area contributed by atoms with Crippen LogP contribution in [0.3, 0.4) is 0 Å². The van der Waals surface area contributed by atoms with Gasteiger partial charge in [-0.2, -0.15) is 0 Å². The summed E-state index contributed by atoms with van der Waals surface area (Å²) in [5.41, 5.74) is 0.672. The molecule has 0 aliphatic rings. The lowest BCUT2D eigenvalue weighted by Crippen LogP contribution is -1.99. The normalized spacial score (nSPS) is 11.7. The van der Waals surface area contributed by atoms with Gasteiger partial charge >= 0.3 is 0 Å². The molecule has 0 unspecified atom stereocenters. The molecule has 0 amide bonds. The summed E-state index contributed by atoms with van der Waals surface area (Å²) in [7, 11) is 1.32. The zero-order chi connectivity index (χ0) is 13.3. The van der Waals surface area contributed by atoms with Crippen LogP contribution in [0.25, 0.3) is 0 Å². The topological polar surface area (TPSA) is 52.0 Å². The van der Waals surface area contributed by atoms with Crippen molar-refractivity contribution in [3.63, 3.8) is 0 Å². The Balaban J connectivity index is 2.30. The van der Waals surface area contributed by atoms with E-state index in [0.717, 1.165) is 0 Å². The Morgan fingerprint density at radius 1 is 1.44 bits per heavy atom. The highest BCUT2D eigenvalue weighted by Gasteiger charge is 2.14. The van der Waals surface area contributed by atoms with Crippen molar-refractivity contribution < 1.29 is 12.8 Å². The van der Waals surface area contributed by atoms with Gasteiger partial charge in [0.05, 0.1) is 10.8 Å². The third-order valence-electron chi connectivity index (χ3n) is 2.24. The van der Waals surface area contributed by atoms with E-state index < -0.39 is 9.05 Å². The Morgan fingerprint density at radius 3 is 2.78 bits per heavy atom. The van der Waals surface area contributed by atoms with Gasteiger partial charge in [0.1, 0.15) is 5.82 Å². The lowest BCUT2D eigenvalue weighted by atomic mass is 10.2. The van der Waals surface area contributed by atoms with Crippen LogP contribution < -0.4 is 0 Å². The molecule has 4 nitrogen and oxygen atoms in total. The Bertz CT molecular complexity index is 687. The Kier molecular flexibility index (Phi) is 3.74. The van der Waals surface area contributed by atoms with Crippen LogP contribution in [-0.2, 0) is 15.6 Å². The van der Waals surface area contributed by atoms with Crippen molar-refractivity contribution in [1.82, 2.24) is 9.55 Å². The summed E-state index contributed by atoms with van der Waals surface area (Å²) >= 11 is 3.13. The fourth-order valence-electron chi connectivity index (χ4n) is 1.42. The number of imidazole rings is 1. The average molecular weight is 354 g/mol. The van der Waals surface area contributed by atoms with E-state index >= 15 is 0 Å². The van der Waals surface area contributed by atoms with Crippen molar-refractivity contribution in [3.05, 3.63) is 46.6 Å². The second-order valence-electron chi connectivity index (χ2n) is 3.54. The first-order valence-electron chi connectivity index (χ1n) is 4.77. The molecule has 0 atom stereocenters. The van der Waals surface area contributed by atoms with Gasteiger partial charge in [-0.25, -0.2) is 17.8 Å². The average Bonchev–Trinajstić information content (AvgIpc) is 2.73. The molecule has 0 bridgehead atoms. The molecular weight excluding hydrogens is 347 g/mol. The molecular formula is C10H7BrClFN2O2S. The highest BCUT2D eigenvalue weighted by molar-refractivity contribution is 9.10. The fourth-order valence-corrected chi connectivity index (χ4v) is 2.48. The molecule has 0 aliphatic carbocycles. The lowest BCUT2D eigenvalue weighted by Gasteiger charge is -2.05. The second kappa shape index (κ2) is 4.99. The molecule has 2 rings (SSSR count). The quantitative estimate of drug-likeness (QED) is 0.797. The van der Waals surface area contributed by atoms with Gasteiger partial charge in [0.15, 0.2) is 5.03 Å². The van der Waals surface area contributed by atoms with Gasteiger partial charge in [-0.1, -0.05) is 12.1 Å². The minimum Gasteiger partial charge on any atom is -0.332 e. The number of hydrogen-bond acceptors (Lipinski definition) is 3. The summed E-state index contributed by atoms with van der Waals surface area (Å²) in [4.78, 5) is 3.67. The maximum atomic E-state index is 13.3. The van der Waals surface area contributed by atoms with E-state index in [0.29, 0.717) is 10.0 Å². The molecule has 2 aromatic rings. The third-order valence-corrected chi connectivity index (χ3v) is 4.32. The molecule has 8 heteroatoms. The maximum absolute atomic E-state index is 13.3. The number of hydrogen-bond donors (Lipinski definition) is 0. The van der Waals surface area contributed by atoms with E-state index in [2.05, 4.69) is 20.9 Å². The molecule has 0 N–H and O–H groups in total. The lowest BCUT2D eigenvalue weighted by molar-refractivity contribution is 0.606. The Hall–Kier alpha value is -0.920. The van der Waals surface area contributed by atoms with Crippen molar-refractivity contribution in [2.75, 3.05) is 0 Å². The van der Waals surface area contributed by atoms with Crippen molar-refractivity contribution in [1.29, 1.82) is 0 Å². The Morgan fingerprint density at radius 2 is 2.17 bits per heavy atom. The van der Waals surface area contributed by atoms with Crippen LogP contribution >= 0.6 is 26.6 Å². The van der Waals surface area contributed by atoms with Crippen LogP contribution in [0, 0.1) is 5.82 Å². The van der Waals surface area contributed by atoms with Crippen LogP contribution in [0.5, 0.6) is 0 Å². The van der Waals surface area contributed by atoms with E-state index in [1.807, 2.05) is 0 Å². The number of rotatable bonds is 3. The maximum Gasteiger partial charge on any atom is 0.280 e. The van der Waals surface area contributed by atoms with E-state index in [1.54, 1.807) is 12.1 Å². The summed E-state index contributed by atoms with van der Waals surface area (Å²) in [6.45, 7) is 0.289. The predicted molar refractivity (Wildman–Crippen MR) is 68.5 cm³/mol. The van der Waals surface area contributed by atoms with Gasteiger partial charge < -0.3 is 4.57 Å². The number of halogens is 3. The van der Waals surface area contributed by atoms with Gasteiger partial charge in [0.2, 0.25) is 0 Å². The SMILES string of the molecule is O=S(=O)(Cl)c1cn(Cc2cccc(F)c2Br)cn1. The smallest absolute Gasteiger partial charge is 0.280 e. The molecule has 1 heterocycles. The van der Waals surface area contributed by atoms with Gasteiger partial charge in [-0.3, -0.25) is 0 Å². The monoisotopic (exact) mass is 352 g/mol. The minimum absolute atomic E-state index is 0.225. The molecule has 0 saturated heterocycles. The zero-order valence-corrected chi connectivity index (χ0v) is 12.0. The molecule has 0 aliphatic heterocycles. The molecule has 0 radical (unpaired) electrons. The zero-order valence-electron chi connectivity index (χ0n) is 8.85. The number of aromatic nitrogens is 2. The molecule has 0 spiro atoms. The highest BCUT2D eigenvalue weighted by atomic mass is 79.9. The van der Waals surface area contributed by atoms with Gasteiger partial charge in [0.25, 0.3) is 9.05 Å². The first-order valence-corrected chi connectivity index (χ1v) is 7.87. The molecule has 18 heavy (non-hydrogen) atoms. The minimum atomic E-state index is -3.84. The number of nitrogens with zero attached hydrogens (tertiary/aromatic N) is 2. The fraction of sp³-hybridized carbons (Fsp3) is 0.100. The van der Waals surface area contributed by atoms with Crippen molar-refractivity contribution in [2.45, 2.75) is 11.6 Å². The van der Waals surface area contributed by atoms with Crippen molar-refractivity contribution in [3.8, 4) is 0 Å². The van der Waals surface area contributed by atoms with Crippen LogP contribution in [0.2, 0.25) is 0 Å². The van der Waals surface area contributed by atoms with Crippen LogP contribution in [0.15, 0.2) is 40.2 Å². The van der Waals surface area contributed by atoms with E-state index in [9.17, 15) is 12.8 Å². The molecule has 0 fully saturated rings. The highest BCUT2D eigenvalue weighted by Crippen LogP contribution is 2.21. The summed E-state index contributed by atoms with van der Waals surface area (Å²) < 4.78 is 37.2. The second-order valence-corrected chi connectivity index (χ2v) is 6.84. The van der Waals surface area contributed by atoms with Crippen molar-refractivity contribution >= 4 is 35.7 Å². The largest absolute Gasteiger partial charge is 0.332 e. The predicted octanol–water partition coefficient (Wildman–Crippen LogP) is 2.76. The number of benzene rings is 1. The van der Waals surface area contributed by atoms with Gasteiger partial charge in [-0.15, -0.1) is 0 Å². The van der Waals surface area contributed by atoms with Gasteiger partial charge in [-0.05, 0) is 27.6 Å². The summed E-state index contributed by atoms with van der Waals surface area (Å²) in [5.74, 6) is -0.377. The summed E-state index contributed by atoms with van der Waals surface area (Å²) in [5, 5.41) is -0.225. The standard InChI is InChI=1S/C10H7BrClFN2O2S/c11-10-7(2-1-3-8(10)13)4-15-5-9(14-6-15)18(12,16)17/h1-3,5-6H,4H2. The molecule has 1 aromatic heterocycles.